The lowest BCUT2D eigenvalue weighted by atomic mass is 10.0. The zero-order chi connectivity index (χ0) is 13.8. The number of nitrogens with zero attached hydrogens (tertiary/aromatic N) is 2. The highest BCUT2D eigenvalue weighted by atomic mass is 16.5. The third kappa shape index (κ3) is 2.98. The number of hydrogen-bond donors (Lipinski definition) is 0. The minimum atomic E-state index is -0.263. The number of ether oxygens (including phenoxy) is 2. The van der Waals surface area contributed by atoms with E-state index in [0.29, 0.717) is 13.1 Å². The van der Waals surface area contributed by atoms with Crippen molar-refractivity contribution in [2.24, 2.45) is 0 Å². The van der Waals surface area contributed by atoms with Gasteiger partial charge in [-0.05, 0) is 24.7 Å². The molecule has 2 rings (SSSR count). The van der Waals surface area contributed by atoms with Gasteiger partial charge in [-0.15, -0.1) is 0 Å². The maximum absolute atomic E-state index is 11.6. The summed E-state index contributed by atoms with van der Waals surface area (Å²) < 4.78 is 10.1. The number of carbonyl (C=O) groups is 1. The maximum Gasteiger partial charge on any atom is 0.409 e. The number of carbonyl (C=O) groups excluding carboxylic acids is 1. The summed E-state index contributed by atoms with van der Waals surface area (Å²) in [5.74, 6) is 0.834. The molecule has 1 aliphatic heterocycles. The molecule has 104 valence electrons. The normalized spacial score (nSPS) is 20.2. The van der Waals surface area contributed by atoms with E-state index in [1.807, 2.05) is 18.2 Å². The Morgan fingerprint density at radius 3 is 2.79 bits per heavy atom. The van der Waals surface area contributed by atoms with Crippen LogP contribution in [-0.4, -0.2) is 56.8 Å². The van der Waals surface area contributed by atoms with Gasteiger partial charge < -0.3 is 14.4 Å². The standard InChI is InChI=1S/C14H20N2O3/c1-15-7-8-16(14(17)19-3)10-13(15)11-5-4-6-12(9-11)18-2/h4-6,9,13H,7-8,10H2,1-3H3. The van der Waals surface area contributed by atoms with Gasteiger partial charge in [0.2, 0.25) is 0 Å². The second kappa shape index (κ2) is 5.93. The first-order valence-electron chi connectivity index (χ1n) is 6.32. The molecule has 1 amide bonds. The Balaban J connectivity index is 2.18. The van der Waals surface area contributed by atoms with Crippen molar-refractivity contribution >= 4 is 6.09 Å². The van der Waals surface area contributed by atoms with Crippen LogP contribution in [0.4, 0.5) is 4.79 Å². The lowest BCUT2D eigenvalue weighted by molar-refractivity contribution is 0.0719. The van der Waals surface area contributed by atoms with Crippen molar-refractivity contribution in [2.75, 3.05) is 40.9 Å². The van der Waals surface area contributed by atoms with Gasteiger partial charge in [0, 0.05) is 19.6 Å². The summed E-state index contributed by atoms with van der Waals surface area (Å²) >= 11 is 0. The first-order valence-corrected chi connectivity index (χ1v) is 6.32. The Bertz CT molecular complexity index is 450. The molecule has 0 aliphatic carbocycles. The molecule has 5 nitrogen and oxygen atoms in total. The molecule has 0 saturated carbocycles. The number of hydrogen-bond acceptors (Lipinski definition) is 4. The largest absolute Gasteiger partial charge is 0.497 e. The molecular weight excluding hydrogens is 244 g/mol. The molecule has 0 N–H and O–H groups in total. The van der Waals surface area contributed by atoms with Gasteiger partial charge >= 0.3 is 6.09 Å². The molecule has 0 radical (unpaired) electrons. The molecule has 1 atom stereocenters. The third-order valence-corrected chi connectivity index (χ3v) is 3.56. The van der Waals surface area contributed by atoms with Crippen LogP contribution in [0.1, 0.15) is 11.6 Å². The lowest BCUT2D eigenvalue weighted by Crippen LogP contribution is -2.48. The van der Waals surface area contributed by atoms with E-state index in [2.05, 4.69) is 18.0 Å². The van der Waals surface area contributed by atoms with Gasteiger partial charge in [-0.25, -0.2) is 4.79 Å². The fraction of sp³-hybridized carbons (Fsp3) is 0.500. The molecule has 0 spiro atoms. The van der Waals surface area contributed by atoms with Crippen LogP contribution in [0.3, 0.4) is 0 Å². The van der Waals surface area contributed by atoms with E-state index >= 15 is 0 Å². The summed E-state index contributed by atoms with van der Waals surface area (Å²) in [4.78, 5) is 15.6. The summed E-state index contributed by atoms with van der Waals surface area (Å²) in [5, 5.41) is 0. The number of likely N-dealkylation sites (N-methyl/N-ethyl adjacent to an activating group) is 1. The van der Waals surface area contributed by atoms with Crippen molar-refractivity contribution in [3.05, 3.63) is 29.8 Å². The molecular formula is C14H20N2O3. The summed E-state index contributed by atoms with van der Waals surface area (Å²) in [5.41, 5.74) is 1.15. The van der Waals surface area contributed by atoms with Crippen molar-refractivity contribution in [3.8, 4) is 5.75 Å². The Morgan fingerprint density at radius 2 is 2.11 bits per heavy atom. The van der Waals surface area contributed by atoms with E-state index in [0.717, 1.165) is 17.9 Å². The zero-order valence-electron chi connectivity index (χ0n) is 11.6. The van der Waals surface area contributed by atoms with E-state index in [1.54, 1.807) is 12.0 Å². The number of methoxy groups -OCH3 is 2. The fourth-order valence-corrected chi connectivity index (χ4v) is 2.38. The number of benzene rings is 1. The van der Waals surface area contributed by atoms with Crippen LogP contribution in [0.2, 0.25) is 0 Å². The molecule has 1 aromatic rings. The van der Waals surface area contributed by atoms with E-state index in [-0.39, 0.29) is 12.1 Å². The Morgan fingerprint density at radius 1 is 1.32 bits per heavy atom. The first-order chi connectivity index (χ1) is 9.15. The quantitative estimate of drug-likeness (QED) is 0.816. The molecule has 1 heterocycles. The molecule has 1 aromatic carbocycles. The van der Waals surface area contributed by atoms with E-state index < -0.39 is 0 Å². The van der Waals surface area contributed by atoms with Gasteiger partial charge in [0.15, 0.2) is 0 Å². The molecule has 1 unspecified atom stereocenters. The Labute approximate surface area is 113 Å². The van der Waals surface area contributed by atoms with Gasteiger partial charge in [-0.1, -0.05) is 12.1 Å². The van der Waals surface area contributed by atoms with Crippen LogP contribution in [0.15, 0.2) is 24.3 Å². The lowest BCUT2D eigenvalue weighted by Gasteiger charge is -2.39. The van der Waals surface area contributed by atoms with Gasteiger partial charge in [-0.3, -0.25) is 4.90 Å². The number of rotatable bonds is 2. The molecule has 1 aliphatic rings. The van der Waals surface area contributed by atoms with Crippen LogP contribution < -0.4 is 4.74 Å². The maximum atomic E-state index is 11.6. The average molecular weight is 264 g/mol. The fourth-order valence-electron chi connectivity index (χ4n) is 2.38. The van der Waals surface area contributed by atoms with Gasteiger partial charge in [0.25, 0.3) is 0 Å². The number of amides is 1. The highest BCUT2D eigenvalue weighted by molar-refractivity contribution is 5.67. The molecule has 0 aromatic heterocycles. The highest BCUT2D eigenvalue weighted by Crippen LogP contribution is 2.26. The van der Waals surface area contributed by atoms with Crippen LogP contribution in [0.25, 0.3) is 0 Å². The van der Waals surface area contributed by atoms with E-state index in [9.17, 15) is 4.79 Å². The third-order valence-electron chi connectivity index (χ3n) is 3.56. The van der Waals surface area contributed by atoms with Crippen LogP contribution in [0.5, 0.6) is 5.75 Å². The average Bonchev–Trinajstić information content (AvgIpc) is 2.47. The summed E-state index contributed by atoms with van der Waals surface area (Å²) in [7, 11) is 5.14. The second-order valence-corrected chi connectivity index (χ2v) is 4.69. The topological polar surface area (TPSA) is 42.0 Å². The summed E-state index contributed by atoms with van der Waals surface area (Å²) in [6.45, 7) is 2.16. The minimum absolute atomic E-state index is 0.169. The molecule has 19 heavy (non-hydrogen) atoms. The monoisotopic (exact) mass is 264 g/mol. The first kappa shape index (κ1) is 13.7. The minimum Gasteiger partial charge on any atom is -0.497 e. The predicted octanol–water partition coefficient (Wildman–Crippen LogP) is 1.75. The smallest absolute Gasteiger partial charge is 0.409 e. The number of piperazine rings is 1. The van der Waals surface area contributed by atoms with Crippen LogP contribution in [-0.2, 0) is 4.74 Å². The van der Waals surface area contributed by atoms with Gasteiger partial charge in [0.1, 0.15) is 5.75 Å². The SMILES string of the molecule is COC(=O)N1CCN(C)C(c2cccc(OC)c2)C1. The predicted molar refractivity (Wildman–Crippen MR) is 72.3 cm³/mol. The summed E-state index contributed by atoms with van der Waals surface area (Å²) in [6, 6.07) is 8.14. The van der Waals surface area contributed by atoms with Gasteiger partial charge in [0.05, 0.1) is 20.3 Å². The Kier molecular flexibility index (Phi) is 4.27. The molecule has 1 fully saturated rings. The molecule has 0 bridgehead atoms. The van der Waals surface area contributed by atoms with Crippen LogP contribution >= 0.6 is 0 Å². The molecule has 5 heteroatoms. The van der Waals surface area contributed by atoms with Gasteiger partial charge in [-0.2, -0.15) is 0 Å². The van der Waals surface area contributed by atoms with Crippen molar-refractivity contribution in [1.29, 1.82) is 0 Å². The highest BCUT2D eigenvalue weighted by Gasteiger charge is 2.28. The van der Waals surface area contributed by atoms with Crippen molar-refractivity contribution in [1.82, 2.24) is 9.80 Å². The molecule has 1 saturated heterocycles. The van der Waals surface area contributed by atoms with Crippen molar-refractivity contribution in [2.45, 2.75) is 6.04 Å². The zero-order valence-corrected chi connectivity index (χ0v) is 11.6. The van der Waals surface area contributed by atoms with Crippen LogP contribution in [0, 0.1) is 0 Å². The Hall–Kier alpha value is -1.75. The van der Waals surface area contributed by atoms with E-state index in [1.165, 1.54) is 7.11 Å². The van der Waals surface area contributed by atoms with Crippen molar-refractivity contribution in [3.63, 3.8) is 0 Å². The second-order valence-electron chi connectivity index (χ2n) is 4.69. The van der Waals surface area contributed by atoms with Crippen molar-refractivity contribution < 1.29 is 14.3 Å². The summed E-state index contributed by atoms with van der Waals surface area (Å²) in [6.07, 6.45) is -0.263. The van der Waals surface area contributed by atoms with E-state index in [4.69, 9.17) is 9.47 Å².